The molecule has 7 heavy (non-hydrogen) atoms. The second kappa shape index (κ2) is 3.85. The molecular weight excluding hydrogens is 88.1 g/mol. The van der Waals surface area contributed by atoms with Crippen LogP contribution in [0.4, 0.5) is 0 Å². The first-order valence-corrected chi connectivity index (χ1v) is 2.59. The normalized spacial score (nSPS) is 9.57. The molecule has 41 valence electrons. The topological polar surface area (TPSA) is 17.1 Å². The zero-order chi connectivity index (χ0) is 5.70. The van der Waals surface area contributed by atoms with Crippen molar-refractivity contribution in [3.63, 3.8) is 0 Å². The molecule has 0 bridgehead atoms. The molecule has 0 saturated carbocycles. The molecule has 0 aromatic heterocycles. The average Bonchev–Trinajstić information content (AvgIpc) is 1.68. The van der Waals surface area contributed by atoms with E-state index in [-0.39, 0.29) is 0 Å². The molecule has 0 aliphatic carbocycles. The highest BCUT2D eigenvalue weighted by molar-refractivity contribution is 5.67. The lowest BCUT2D eigenvalue weighted by atomic mass is 10.1. The summed E-state index contributed by atoms with van der Waals surface area (Å²) in [7, 11) is 0. The zero-order valence-electron chi connectivity index (χ0n) is 4.90. The van der Waals surface area contributed by atoms with Gasteiger partial charge in [0.2, 0.25) is 0 Å². The Labute approximate surface area is 44.7 Å². The van der Waals surface area contributed by atoms with Crippen LogP contribution in [-0.4, -0.2) is 6.29 Å². The maximum absolute atomic E-state index is 9.86. The van der Waals surface area contributed by atoms with Crippen LogP contribution in [0.25, 0.3) is 0 Å². The summed E-state index contributed by atoms with van der Waals surface area (Å²) in [5.74, 6) is 0.947. The quantitative estimate of drug-likeness (QED) is 0.491. The highest BCUT2D eigenvalue weighted by atomic mass is 16.1. The van der Waals surface area contributed by atoms with Gasteiger partial charge in [-0.1, -0.05) is 20.3 Å². The van der Waals surface area contributed by atoms with Gasteiger partial charge in [0, 0.05) is 5.92 Å². The molecule has 0 aromatic carbocycles. The van der Waals surface area contributed by atoms with Crippen molar-refractivity contribution in [3.05, 3.63) is 5.92 Å². The Morgan fingerprint density at radius 1 is 1.71 bits per heavy atom. The molecule has 1 heteroatoms. The molecule has 0 unspecified atom stereocenters. The number of hydrogen-bond donors (Lipinski definition) is 0. The number of carbonyl (C=O) groups excluding carboxylic acids is 1. The van der Waals surface area contributed by atoms with Crippen molar-refractivity contribution in [3.8, 4) is 0 Å². The molecule has 1 nitrogen and oxygen atoms in total. The van der Waals surface area contributed by atoms with Gasteiger partial charge in [-0.3, -0.25) is 0 Å². The molecular formula is C6H11O. The van der Waals surface area contributed by atoms with E-state index < -0.39 is 0 Å². The Morgan fingerprint density at radius 3 is 2.43 bits per heavy atom. The van der Waals surface area contributed by atoms with Gasteiger partial charge in [0.25, 0.3) is 0 Å². The maximum Gasteiger partial charge on any atom is 0.126 e. The summed E-state index contributed by atoms with van der Waals surface area (Å²) in [6.45, 7) is 3.92. The molecule has 0 fully saturated rings. The van der Waals surface area contributed by atoms with E-state index in [2.05, 4.69) is 6.92 Å². The summed E-state index contributed by atoms with van der Waals surface area (Å²) >= 11 is 0. The van der Waals surface area contributed by atoms with E-state index in [9.17, 15) is 4.79 Å². The second-order valence-corrected chi connectivity index (χ2v) is 1.71. The van der Waals surface area contributed by atoms with Crippen LogP contribution in [0.3, 0.4) is 0 Å². The van der Waals surface area contributed by atoms with E-state index >= 15 is 0 Å². The Hall–Kier alpha value is -0.330. The number of rotatable bonds is 3. The average molecular weight is 99.2 g/mol. The van der Waals surface area contributed by atoms with Gasteiger partial charge in [-0.15, -0.1) is 0 Å². The van der Waals surface area contributed by atoms with Crippen LogP contribution >= 0.6 is 0 Å². The SMILES string of the molecule is CCC[C](C)C=O. The minimum Gasteiger partial charge on any atom is -0.303 e. The molecule has 0 amide bonds. The smallest absolute Gasteiger partial charge is 0.126 e. The molecule has 0 heterocycles. The monoisotopic (exact) mass is 99.1 g/mol. The van der Waals surface area contributed by atoms with E-state index in [1.807, 2.05) is 6.92 Å². The van der Waals surface area contributed by atoms with Crippen molar-refractivity contribution < 1.29 is 4.79 Å². The Bertz CT molecular complexity index is 50.1. The van der Waals surface area contributed by atoms with Gasteiger partial charge in [0.1, 0.15) is 6.29 Å². The summed E-state index contributed by atoms with van der Waals surface area (Å²) in [5, 5.41) is 0. The number of hydrogen-bond acceptors (Lipinski definition) is 1. The van der Waals surface area contributed by atoms with Crippen LogP contribution in [-0.2, 0) is 4.79 Å². The van der Waals surface area contributed by atoms with Gasteiger partial charge in [-0.25, -0.2) is 0 Å². The van der Waals surface area contributed by atoms with E-state index in [0.29, 0.717) is 0 Å². The molecule has 0 rings (SSSR count). The predicted molar refractivity (Wildman–Crippen MR) is 29.9 cm³/mol. The molecule has 0 aliphatic heterocycles. The first-order valence-electron chi connectivity index (χ1n) is 2.59. The molecule has 0 atom stereocenters. The zero-order valence-corrected chi connectivity index (χ0v) is 4.90. The van der Waals surface area contributed by atoms with Gasteiger partial charge >= 0.3 is 0 Å². The first kappa shape index (κ1) is 6.67. The van der Waals surface area contributed by atoms with E-state index in [4.69, 9.17) is 0 Å². The number of carbonyl (C=O) groups is 1. The highest BCUT2D eigenvalue weighted by Gasteiger charge is 1.94. The van der Waals surface area contributed by atoms with E-state index in [1.165, 1.54) is 0 Å². The van der Waals surface area contributed by atoms with E-state index in [0.717, 1.165) is 25.0 Å². The Balaban J connectivity index is 2.98. The summed E-state index contributed by atoms with van der Waals surface area (Å²) in [6.07, 6.45) is 2.94. The molecule has 0 N–H and O–H groups in total. The van der Waals surface area contributed by atoms with E-state index in [1.54, 1.807) is 0 Å². The molecule has 0 spiro atoms. The van der Waals surface area contributed by atoms with Gasteiger partial charge in [-0.05, 0) is 6.42 Å². The lowest BCUT2D eigenvalue weighted by Crippen LogP contribution is -1.89. The fourth-order valence-corrected chi connectivity index (χ4v) is 0.453. The van der Waals surface area contributed by atoms with Crippen LogP contribution < -0.4 is 0 Å². The first-order chi connectivity index (χ1) is 3.31. The minimum absolute atomic E-state index is 0.920. The summed E-state index contributed by atoms with van der Waals surface area (Å²) < 4.78 is 0. The van der Waals surface area contributed by atoms with Crippen molar-refractivity contribution in [2.24, 2.45) is 0 Å². The van der Waals surface area contributed by atoms with Crippen molar-refractivity contribution in [1.29, 1.82) is 0 Å². The van der Waals surface area contributed by atoms with Crippen LogP contribution in [0.15, 0.2) is 0 Å². The third-order valence-electron chi connectivity index (χ3n) is 0.846. The number of aldehydes is 1. The third kappa shape index (κ3) is 3.50. The van der Waals surface area contributed by atoms with Crippen molar-refractivity contribution in [2.45, 2.75) is 26.7 Å². The van der Waals surface area contributed by atoms with Crippen LogP contribution in [0.5, 0.6) is 0 Å². The van der Waals surface area contributed by atoms with Crippen LogP contribution in [0.2, 0.25) is 0 Å². The summed E-state index contributed by atoms with van der Waals surface area (Å²) in [6, 6.07) is 0. The Morgan fingerprint density at radius 2 is 2.29 bits per heavy atom. The fraction of sp³-hybridized carbons (Fsp3) is 0.667. The second-order valence-electron chi connectivity index (χ2n) is 1.71. The standard InChI is InChI=1S/C6H11O/c1-3-4-6(2)5-7/h5H,3-4H2,1-2H3. The molecule has 0 aliphatic rings. The minimum atomic E-state index is 0.920. The lowest BCUT2D eigenvalue weighted by Gasteiger charge is -1.93. The highest BCUT2D eigenvalue weighted by Crippen LogP contribution is 2.01. The third-order valence-corrected chi connectivity index (χ3v) is 0.846. The van der Waals surface area contributed by atoms with Crippen molar-refractivity contribution >= 4 is 6.29 Å². The summed E-state index contributed by atoms with van der Waals surface area (Å²) in [4.78, 5) is 9.86. The van der Waals surface area contributed by atoms with Gasteiger partial charge in [-0.2, -0.15) is 0 Å². The van der Waals surface area contributed by atoms with Gasteiger partial charge < -0.3 is 4.79 Å². The largest absolute Gasteiger partial charge is 0.303 e. The molecule has 1 radical (unpaired) electrons. The fourth-order valence-electron chi connectivity index (χ4n) is 0.453. The van der Waals surface area contributed by atoms with Crippen LogP contribution in [0, 0.1) is 5.92 Å². The Kier molecular flexibility index (Phi) is 3.67. The summed E-state index contributed by atoms with van der Waals surface area (Å²) in [5.41, 5.74) is 0. The van der Waals surface area contributed by atoms with Crippen LogP contribution in [0.1, 0.15) is 26.7 Å². The maximum atomic E-state index is 9.86. The predicted octanol–water partition coefficient (Wildman–Crippen LogP) is 1.58. The van der Waals surface area contributed by atoms with Crippen molar-refractivity contribution in [1.82, 2.24) is 0 Å². The molecule has 0 saturated heterocycles. The van der Waals surface area contributed by atoms with Crippen molar-refractivity contribution in [2.75, 3.05) is 0 Å². The lowest BCUT2D eigenvalue weighted by molar-refractivity contribution is -0.106. The van der Waals surface area contributed by atoms with Gasteiger partial charge in [0.05, 0.1) is 0 Å². The van der Waals surface area contributed by atoms with Gasteiger partial charge in [0.15, 0.2) is 0 Å². The molecule has 0 aromatic rings.